The molecule has 1 aromatic heterocycles. The molecular formula is C15H17Cl2N3. The van der Waals surface area contributed by atoms with E-state index in [0.717, 1.165) is 28.8 Å². The van der Waals surface area contributed by atoms with E-state index < -0.39 is 0 Å². The summed E-state index contributed by atoms with van der Waals surface area (Å²) in [6, 6.07) is 6.47. The third-order valence-corrected chi connectivity index (χ3v) is 5.27. The first-order valence-electron chi connectivity index (χ1n) is 7.21. The van der Waals surface area contributed by atoms with E-state index in [1.807, 2.05) is 12.1 Å². The van der Waals surface area contributed by atoms with Gasteiger partial charge in [-0.25, -0.2) is 4.98 Å². The first-order chi connectivity index (χ1) is 9.76. The number of rotatable bonds is 2. The molecule has 5 heteroatoms. The predicted octanol–water partition coefficient (Wildman–Crippen LogP) is 3.70. The second-order valence-electron chi connectivity index (χ2n) is 5.87. The zero-order valence-corrected chi connectivity index (χ0v) is 12.7. The number of nitrogens with zero attached hydrogens (tertiary/aromatic N) is 3. The second kappa shape index (κ2) is 4.90. The van der Waals surface area contributed by atoms with Gasteiger partial charge in [-0.3, -0.25) is 0 Å². The number of halogens is 2. The Morgan fingerprint density at radius 1 is 1.25 bits per heavy atom. The number of benzene rings is 1. The average molecular weight is 310 g/mol. The molecule has 3 saturated heterocycles. The van der Waals surface area contributed by atoms with Crippen LogP contribution in [0.5, 0.6) is 0 Å². The Morgan fingerprint density at radius 2 is 2.05 bits per heavy atom. The van der Waals surface area contributed by atoms with Gasteiger partial charge in [0.1, 0.15) is 5.82 Å². The van der Waals surface area contributed by atoms with E-state index in [4.69, 9.17) is 23.2 Å². The summed E-state index contributed by atoms with van der Waals surface area (Å²) >= 11 is 12.2. The topological polar surface area (TPSA) is 21.1 Å². The summed E-state index contributed by atoms with van der Waals surface area (Å²) in [6.45, 7) is 3.62. The number of fused-ring (bicyclic) bond motifs is 4. The molecule has 1 aromatic carbocycles. The van der Waals surface area contributed by atoms with Crippen molar-refractivity contribution in [2.45, 2.75) is 24.8 Å². The monoisotopic (exact) mass is 309 g/mol. The second-order valence-corrected chi connectivity index (χ2v) is 6.57. The van der Waals surface area contributed by atoms with Gasteiger partial charge in [0, 0.05) is 11.6 Å². The summed E-state index contributed by atoms with van der Waals surface area (Å²) in [6.07, 6.45) is 2.58. The lowest BCUT2D eigenvalue weighted by Gasteiger charge is -2.45. The highest BCUT2D eigenvalue weighted by Crippen LogP contribution is 2.38. The van der Waals surface area contributed by atoms with Crippen LogP contribution in [-0.4, -0.2) is 34.1 Å². The van der Waals surface area contributed by atoms with Gasteiger partial charge in [-0.1, -0.05) is 11.6 Å². The highest BCUT2D eigenvalue weighted by molar-refractivity contribution is 6.31. The minimum absolute atomic E-state index is 0.454. The lowest BCUT2D eigenvalue weighted by molar-refractivity contribution is 0.0578. The van der Waals surface area contributed by atoms with Crippen molar-refractivity contribution < 1.29 is 0 Å². The Morgan fingerprint density at radius 3 is 2.70 bits per heavy atom. The average Bonchev–Trinajstić information content (AvgIpc) is 2.85. The fraction of sp³-hybridized carbons (Fsp3) is 0.533. The summed E-state index contributed by atoms with van der Waals surface area (Å²) in [5.74, 6) is 2.19. The SMILES string of the molecule is ClCc1nc2cc(Cl)ccc2n1C1CN2CCC1CC2. The normalized spacial score (nSPS) is 29.2. The molecule has 20 heavy (non-hydrogen) atoms. The van der Waals surface area contributed by atoms with Gasteiger partial charge in [-0.15, -0.1) is 11.6 Å². The summed E-state index contributed by atoms with van der Waals surface area (Å²) in [5.41, 5.74) is 2.13. The quantitative estimate of drug-likeness (QED) is 0.789. The van der Waals surface area contributed by atoms with Crippen LogP contribution in [0.15, 0.2) is 18.2 Å². The highest BCUT2D eigenvalue weighted by atomic mass is 35.5. The van der Waals surface area contributed by atoms with E-state index in [1.165, 1.54) is 31.4 Å². The molecule has 2 aromatic rings. The largest absolute Gasteiger partial charge is 0.322 e. The van der Waals surface area contributed by atoms with Crippen molar-refractivity contribution in [1.29, 1.82) is 0 Å². The molecule has 0 spiro atoms. The highest BCUT2D eigenvalue weighted by Gasteiger charge is 2.36. The van der Waals surface area contributed by atoms with Gasteiger partial charge in [0.15, 0.2) is 0 Å². The van der Waals surface area contributed by atoms with Crippen molar-refractivity contribution in [1.82, 2.24) is 14.5 Å². The van der Waals surface area contributed by atoms with Crippen LogP contribution < -0.4 is 0 Å². The van der Waals surface area contributed by atoms with Gasteiger partial charge in [0.05, 0.1) is 23.0 Å². The van der Waals surface area contributed by atoms with Crippen LogP contribution in [0.1, 0.15) is 24.7 Å². The smallest absolute Gasteiger partial charge is 0.125 e. The fourth-order valence-electron chi connectivity index (χ4n) is 3.81. The molecular weight excluding hydrogens is 293 g/mol. The summed E-state index contributed by atoms with van der Waals surface area (Å²) in [5, 5.41) is 0.734. The van der Waals surface area contributed by atoms with Crippen LogP contribution in [0, 0.1) is 5.92 Å². The summed E-state index contributed by atoms with van der Waals surface area (Å²) in [7, 11) is 0. The maximum atomic E-state index is 6.13. The molecule has 0 saturated carbocycles. The number of alkyl halides is 1. The molecule has 0 radical (unpaired) electrons. The van der Waals surface area contributed by atoms with Crippen molar-refractivity contribution >= 4 is 34.2 Å². The number of imidazole rings is 1. The number of piperidine rings is 3. The van der Waals surface area contributed by atoms with E-state index in [-0.39, 0.29) is 0 Å². The maximum absolute atomic E-state index is 6.13. The van der Waals surface area contributed by atoms with Crippen LogP contribution >= 0.6 is 23.2 Å². The molecule has 5 rings (SSSR count). The third-order valence-electron chi connectivity index (χ3n) is 4.80. The maximum Gasteiger partial charge on any atom is 0.125 e. The van der Waals surface area contributed by atoms with Gasteiger partial charge in [-0.2, -0.15) is 0 Å². The van der Waals surface area contributed by atoms with Gasteiger partial charge in [0.25, 0.3) is 0 Å². The first kappa shape index (κ1) is 12.9. The Labute approximate surface area is 128 Å². The van der Waals surface area contributed by atoms with E-state index in [1.54, 1.807) is 0 Å². The van der Waals surface area contributed by atoms with Crippen LogP contribution in [-0.2, 0) is 5.88 Å². The molecule has 3 fully saturated rings. The van der Waals surface area contributed by atoms with E-state index in [9.17, 15) is 0 Å². The molecule has 1 atom stereocenters. The lowest BCUT2D eigenvalue weighted by Crippen LogP contribution is -2.48. The summed E-state index contributed by atoms with van der Waals surface area (Å²) in [4.78, 5) is 7.24. The number of hydrogen-bond donors (Lipinski definition) is 0. The van der Waals surface area contributed by atoms with Gasteiger partial charge >= 0.3 is 0 Å². The minimum atomic E-state index is 0.454. The van der Waals surface area contributed by atoms with Crippen LogP contribution in [0.3, 0.4) is 0 Å². The summed E-state index contributed by atoms with van der Waals surface area (Å²) < 4.78 is 2.37. The van der Waals surface area contributed by atoms with Crippen molar-refractivity contribution in [3.8, 4) is 0 Å². The zero-order chi connectivity index (χ0) is 13.7. The zero-order valence-electron chi connectivity index (χ0n) is 11.2. The van der Waals surface area contributed by atoms with E-state index >= 15 is 0 Å². The van der Waals surface area contributed by atoms with Crippen molar-refractivity contribution in [2.24, 2.45) is 5.92 Å². The molecule has 0 aliphatic carbocycles. The minimum Gasteiger partial charge on any atom is -0.322 e. The standard InChI is InChI=1S/C15H17Cl2N3/c16-8-15-18-12-7-11(17)1-2-13(12)20(15)14-9-19-5-3-10(14)4-6-19/h1-2,7,10,14H,3-6,8-9H2. The Hall–Kier alpha value is -0.770. The number of hydrogen-bond acceptors (Lipinski definition) is 2. The first-order valence-corrected chi connectivity index (χ1v) is 8.12. The Kier molecular flexibility index (Phi) is 3.17. The van der Waals surface area contributed by atoms with Gasteiger partial charge < -0.3 is 9.47 Å². The third kappa shape index (κ3) is 1.95. The Bertz CT molecular complexity index is 644. The van der Waals surface area contributed by atoms with Gasteiger partial charge in [0.2, 0.25) is 0 Å². The van der Waals surface area contributed by atoms with Crippen molar-refractivity contribution in [2.75, 3.05) is 19.6 Å². The fourth-order valence-corrected chi connectivity index (χ4v) is 4.17. The molecule has 0 N–H and O–H groups in total. The molecule has 0 amide bonds. The van der Waals surface area contributed by atoms with Crippen LogP contribution in [0.25, 0.3) is 11.0 Å². The molecule has 4 heterocycles. The van der Waals surface area contributed by atoms with Crippen molar-refractivity contribution in [3.63, 3.8) is 0 Å². The van der Waals surface area contributed by atoms with E-state index in [2.05, 4.69) is 20.5 Å². The van der Waals surface area contributed by atoms with Crippen molar-refractivity contribution in [3.05, 3.63) is 29.0 Å². The van der Waals surface area contributed by atoms with E-state index in [0.29, 0.717) is 11.9 Å². The predicted molar refractivity (Wildman–Crippen MR) is 82.5 cm³/mol. The molecule has 1 unspecified atom stereocenters. The number of aromatic nitrogens is 2. The van der Waals surface area contributed by atoms with Gasteiger partial charge in [-0.05, 0) is 50.0 Å². The lowest BCUT2D eigenvalue weighted by atomic mass is 9.83. The van der Waals surface area contributed by atoms with Crippen LogP contribution in [0.4, 0.5) is 0 Å². The molecule has 3 aliphatic rings. The molecule has 3 nitrogen and oxygen atoms in total. The van der Waals surface area contributed by atoms with Crippen LogP contribution in [0.2, 0.25) is 5.02 Å². The molecule has 106 valence electrons. The molecule has 2 bridgehead atoms. The molecule has 3 aliphatic heterocycles. The Balaban J connectivity index is 1.85.